The van der Waals surface area contributed by atoms with Gasteiger partial charge in [0.05, 0.1) is 5.69 Å². The second kappa shape index (κ2) is 4.39. The molecule has 0 amide bonds. The zero-order valence-corrected chi connectivity index (χ0v) is 10.2. The number of aromatic carboxylic acids is 1. The van der Waals surface area contributed by atoms with Crippen molar-refractivity contribution in [2.45, 2.75) is 6.92 Å². The molecule has 0 unspecified atom stereocenters. The van der Waals surface area contributed by atoms with Gasteiger partial charge in [-0.05, 0) is 25.1 Å². The Balaban J connectivity index is 2.53. The van der Waals surface area contributed by atoms with Crippen molar-refractivity contribution in [2.24, 2.45) is 0 Å². The number of benzene rings is 1. The molecule has 0 spiro atoms. The number of aromatic nitrogens is 1. The number of oxazole rings is 1. The Hall–Kier alpha value is -1.52. The van der Waals surface area contributed by atoms with E-state index >= 15 is 0 Å². The minimum atomic E-state index is -1.16. The Kier molecular flexibility index (Phi) is 3.09. The van der Waals surface area contributed by atoms with E-state index in [1.807, 2.05) is 0 Å². The predicted molar refractivity (Wildman–Crippen MR) is 63.7 cm³/mol. The van der Waals surface area contributed by atoms with E-state index in [1.54, 1.807) is 25.1 Å². The van der Waals surface area contributed by atoms with Gasteiger partial charge in [0.2, 0.25) is 11.7 Å². The van der Waals surface area contributed by atoms with Gasteiger partial charge in [-0.1, -0.05) is 23.2 Å². The van der Waals surface area contributed by atoms with Crippen LogP contribution in [0.4, 0.5) is 0 Å². The molecular weight excluding hydrogens is 265 g/mol. The van der Waals surface area contributed by atoms with Crippen LogP contribution in [-0.4, -0.2) is 16.1 Å². The molecule has 17 heavy (non-hydrogen) atoms. The highest BCUT2D eigenvalue weighted by Crippen LogP contribution is 2.28. The molecule has 4 nitrogen and oxygen atoms in total. The maximum atomic E-state index is 10.8. The molecule has 88 valence electrons. The number of carboxylic acid groups (broad SMARTS) is 1. The highest BCUT2D eigenvalue weighted by atomic mass is 35.5. The second-order valence-electron chi connectivity index (χ2n) is 3.40. The van der Waals surface area contributed by atoms with E-state index in [0.717, 1.165) is 0 Å². The van der Waals surface area contributed by atoms with E-state index in [2.05, 4.69) is 4.98 Å². The molecule has 0 saturated carbocycles. The number of rotatable bonds is 2. The van der Waals surface area contributed by atoms with Crippen LogP contribution in [0, 0.1) is 6.92 Å². The number of carboxylic acids is 1. The number of hydrogen-bond acceptors (Lipinski definition) is 3. The maximum Gasteiger partial charge on any atom is 0.373 e. The number of aryl methyl sites for hydroxylation is 1. The first-order chi connectivity index (χ1) is 7.97. The van der Waals surface area contributed by atoms with E-state index in [-0.39, 0.29) is 11.7 Å². The predicted octanol–water partition coefficient (Wildman–Crippen LogP) is 3.66. The quantitative estimate of drug-likeness (QED) is 0.906. The van der Waals surface area contributed by atoms with Crippen molar-refractivity contribution in [2.75, 3.05) is 0 Å². The third-order valence-electron chi connectivity index (χ3n) is 2.10. The second-order valence-corrected chi connectivity index (χ2v) is 4.27. The van der Waals surface area contributed by atoms with E-state index in [4.69, 9.17) is 32.7 Å². The van der Waals surface area contributed by atoms with Crippen molar-refractivity contribution < 1.29 is 14.3 Å². The average Bonchev–Trinajstić information content (AvgIpc) is 2.59. The van der Waals surface area contributed by atoms with Crippen LogP contribution >= 0.6 is 23.2 Å². The molecule has 0 aliphatic carbocycles. The van der Waals surface area contributed by atoms with Gasteiger partial charge in [0.25, 0.3) is 0 Å². The van der Waals surface area contributed by atoms with Crippen molar-refractivity contribution in [3.05, 3.63) is 39.7 Å². The summed E-state index contributed by atoms with van der Waals surface area (Å²) in [6.45, 7) is 1.56. The lowest BCUT2D eigenvalue weighted by Crippen LogP contribution is -1.95. The molecule has 0 atom stereocenters. The molecule has 2 aromatic rings. The van der Waals surface area contributed by atoms with Gasteiger partial charge in [-0.15, -0.1) is 0 Å². The Morgan fingerprint density at radius 1 is 1.29 bits per heavy atom. The Morgan fingerprint density at radius 2 is 1.88 bits per heavy atom. The Morgan fingerprint density at radius 3 is 2.35 bits per heavy atom. The van der Waals surface area contributed by atoms with Crippen molar-refractivity contribution in [3.63, 3.8) is 0 Å². The summed E-state index contributed by atoms with van der Waals surface area (Å²) in [5.74, 6) is -1.16. The van der Waals surface area contributed by atoms with Crippen LogP contribution in [0.5, 0.6) is 0 Å². The van der Waals surface area contributed by atoms with Crippen molar-refractivity contribution >= 4 is 29.2 Å². The van der Waals surface area contributed by atoms with Gasteiger partial charge in [0, 0.05) is 15.6 Å². The van der Waals surface area contributed by atoms with Gasteiger partial charge < -0.3 is 9.52 Å². The monoisotopic (exact) mass is 271 g/mol. The Labute approximate surface area is 107 Å². The molecule has 0 fully saturated rings. The maximum absolute atomic E-state index is 10.8. The summed E-state index contributed by atoms with van der Waals surface area (Å²) in [7, 11) is 0. The first-order valence-corrected chi connectivity index (χ1v) is 5.40. The number of hydrogen-bond donors (Lipinski definition) is 1. The summed E-state index contributed by atoms with van der Waals surface area (Å²) >= 11 is 11.7. The summed E-state index contributed by atoms with van der Waals surface area (Å²) in [6, 6.07) is 4.77. The first-order valence-electron chi connectivity index (χ1n) is 4.64. The molecule has 0 aliphatic heterocycles. The minimum Gasteiger partial charge on any atom is -0.475 e. The van der Waals surface area contributed by atoms with Gasteiger partial charge in [0.1, 0.15) is 0 Å². The van der Waals surface area contributed by atoms with Crippen LogP contribution in [0.2, 0.25) is 10.0 Å². The number of nitrogens with zero attached hydrogens (tertiary/aromatic N) is 1. The molecule has 0 bridgehead atoms. The molecule has 1 aromatic carbocycles. The molecule has 0 radical (unpaired) electrons. The van der Waals surface area contributed by atoms with Crippen LogP contribution in [0.3, 0.4) is 0 Å². The van der Waals surface area contributed by atoms with E-state index in [1.165, 1.54) is 0 Å². The van der Waals surface area contributed by atoms with Crippen LogP contribution in [0.1, 0.15) is 16.2 Å². The van der Waals surface area contributed by atoms with E-state index < -0.39 is 5.97 Å². The first kappa shape index (κ1) is 12.0. The lowest BCUT2D eigenvalue weighted by atomic mass is 10.2. The number of carbonyl (C=O) groups is 1. The standard InChI is InChI=1S/C11H7Cl2NO3/c1-5-9(11(15)16)17-10(14-5)6-2-7(12)4-8(13)3-6/h2-4H,1H3,(H,15,16). The van der Waals surface area contributed by atoms with Gasteiger partial charge >= 0.3 is 5.97 Å². The minimum absolute atomic E-state index is 0.184. The summed E-state index contributed by atoms with van der Waals surface area (Å²) in [5.41, 5.74) is 0.849. The van der Waals surface area contributed by atoms with Gasteiger partial charge in [-0.3, -0.25) is 0 Å². The molecule has 0 saturated heterocycles. The van der Waals surface area contributed by atoms with Crippen LogP contribution in [0.25, 0.3) is 11.5 Å². The largest absolute Gasteiger partial charge is 0.475 e. The lowest BCUT2D eigenvalue weighted by molar-refractivity contribution is 0.0662. The molecular formula is C11H7Cl2NO3. The normalized spacial score (nSPS) is 10.5. The highest BCUT2D eigenvalue weighted by Gasteiger charge is 2.17. The summed E-state index contributed by atoms with van der Waals surface area (Å²) in [5, 5.41) is 9.71. The molecule has 0 aliphatic rings. The summed E-state index contributed by atoms with van der Waals surface area (Å²) in [4.78, 5) is 14.8. The van der Waals surface area contributed by atoms with E-state index in [9.17, 15) is 4.79 Å². The lowest BCUT2D eigenvalue weighted by Gasteiger charge is -1.97. The summed E-state index contributed by atoms with van der Waals surface area (Å²) in [6.07, 6.45) is 0. The molecule has 6 heteroatoms. The summed E-state index contributed by atoms with van der Waals surface area (Å²) < 4.78 is 5.14. The fourth-order valence-corrected chi connectivity index (χ4v) is 1.92. The zero-order valence-electron chi connectivity index (χ0n) is 8.70. The van der Waals surface area contributed by atoms with Gasteiger partial charge in [-0.25, -0.2) is 9.78 Å². The van der Waals surface area contributed by atoms with Crippen molar-refractivity contribution in [3.8, 4) is 11.5 Å². The van der Waals surface area contributed by atoms with Crippen LogP contribution < -0.4 is 0 Å². The SMILES string of the molecule is Cc1nc(-c2cc(Cl)cc(Cl)c2)oc1C(=O)O. The fourth-order valence-electron chi connectivity index (χ4n) is 1.40. The molecule has 1 heterocycles. The molecule has 1 N–H and O–H groups in total. The highest BCUT2D eigenvalue weighted by molar-refractivity contribution is 6.35. The average molecular weight is 272 g/mol. The van der Waals surface area contributed by atoms with Gasteiger partial charge in [0.15, 0.2) is 0 Å². The molecule has 1 aromatic heterocycles. The van der Waals surface area contributed by atoms with Crippen molar-refractivity contribution in [1.29, 1.82) is 0 Å². The zero-order chi connectivity index (χ0) is 12.6. The van der Waals surface area contributed by atoms with Crippen molar-refractivity contribution in [1.82, 2.24) is 4.98 Å². The third kappa shape index (κ3) is 2.43. The topological polar surface area (TPSA) is 63.3 Å². The van der Waals surface area contributed by atoms with Gasteiger partial charge in [-0.2, -0.15) is 0 Å². The number of halogens is 2. The van der Waals surface area contributed by atoms with Crippen LogP contribution in [0.15, 0.2) is 22.6 Å². The smallest absolute Gasteiger partial charge is 0.373 e. The Bertz CT molecular complexity index is 572. The molecule has 2 rings (SSSR count). The third-order valence-corrected chi connectivity index (χ3v) is 2.54. The fraction of sp³-hybridized carbons (Fsp3) is 0.0909. The van der Waals surface area contributed by atoms with E-state index in [0.29, 0.717) is 21.3 Å². The van der Waals surface area contributed by atoms with Crippen LogP contribution in [-0.2, 0) is 0 Å².